The van der Waals surface area contributed by atoms with Crippen molar-refractivity contribution in [3.05, 3.63) is 63.8 Å². The lowest BCUT2D eigenvalue weighted by Crippen LogP contribution is -2.08. The van der Waals surface area contributed by atoms with E-state index in [1.54, 1.807) is 16.9 Å². The second-order valence-corrected chi connectivity index (χ2v) is 8.60. The fourth-order valence-corrected chi connectivity index (χ4v) is 4.80. The Labute approximate surface area is 165 Å². The van der Waals surface area contributed by atoms with Crippen molar-refractivity contribution in [1.82, 2.24) is 9.97 Å². The summed E-state index contributed by atoms with van der Waals surface area (Å²) in [7, 11) is 0. The first-order valence-corrected chi connectivity index (χ1v) is 10.7. The predicted octanol–water partition coefficient (Wildman–Crippen LogP) is 6.20. The highest BCUT2D eigenvalue weighted by Crippen LogP contribution is 2.33. The zero-order valence-corrected chi connectivity index (χ0v) is 17.0. The molecule has 3 nitrogen and oxygen atoms in total. The minimum Gasteiger partial charge on any atom is -0.369 e. The van der Waals surface area contributed by atoms with E-state index in [9.17, 15) is 0 Å². The molecule has 0 saturated heterocycles. The van der Waals surface area contributed by atoms with Gasteiger partial charge in [0.05, 0.1) is 5.39 Å². The summed E-state index contributed by atoms with van der Waals surface area (Å²) in [6.45, 7) is 5.30. The van der Waals surface area contributed by atoms with Gasteiger partial charge in [-0.25, -0.2) is 9.97 Å². The van der Waals surface area contributed by atoms with E-state index in [4.69, 9.17) is 9.97 Å². The number of allylic oxidation sites excluding steroid dienone is 1. The number of aromatic nitrogens is 2. The molecule has 1 aliphatic carbocycles. The van der Waals surface area contributed by atoms with E-state index in [0.717, 1.165) is 35.9 Å². The summed E-state index contributed by atoms with van der Waals surface area (Å²) in [5.74, 6) is 1.90. The van der Waals surface area contributed by atoms with Crippen molar-refractivity contribution in [2.24, 2.45) is 0 Å². The highest BCUT2D eigenvalue weighted by Gasteiger charge is 2.15. The summed E-state index contributed by atoms with van der Waals surface area (Å²) in [5, 5.41) is 4.83. The van der Waals surface area contributed by atoms with Crippen LogP contribution in [-0.4, -0.2) is 16.5 Å². The number of rotatable bonds is 6. The Kier molecular flexibility index (Phi) is 5.53. The molecule has 2 aromatic heterocycles. The van der Waals surface area contributed by atoms with Gasteiger partial charge < -0.3 is 5.32 Å². The van der Waals surface area contributed by atoms with Gasteiger partial charge in [-0.2, -0.15) is 0 Å². The molecule has 0 bridgehead atoms. The van der Waals surface area contributed by atoms with Gasteiger partial charge in [0.25, 0.3) is 0 Å². The van der Waals surface area contributed by atoms with Gasteiger partial charge in [-0.3, -0.25) is 0 Å². The molecular formula is C23H27N3S. The molecular weight excluding hydrogens is 350 g/mol. The molecule has 0 unspecified atom stereocenters. The monoisotopic (exact) mass is 377 g/mol. The smallest absolute Gasteiger partial charge is 0.138 e. The summed E-state index contributed by atoms with van der Waals surface area (Å²) in [4.78, 5) is 12.2. The molecule has 0 radical (unpaired) electrons. The van der Waals surface area contributed by atoms with Crippen molar-refractivity contribution >= 4 is 27.4 Å². The number of benzene rings is 1. The van der Waals surface area contributed by atoms with Crippen LogP contribution in [0.15, 0.2) is 42.0 Å². The van der Waals surface area contributed by atoms with Gasteiger partial charge in [-0.15, -0.1) is 11.3 Å². The largest absolute Gasteiger partial charge is 0.369 e. The van der Waals surface area contributed by atoms with Crippen LogP contribution in [-0.2, 0) is 6.42 Å². The average molecular weight is 378 g/mol. The molecule has 0 atom stereocenters. The summed E-state index contributed by atoms with van der Waals surface area (Å²) >= 11 is 1.78. The van der Waals surface area contributed by atoms with Crippen molar-refractivity contribution in [2.45, 2.75) is 52.4 Å². The van der Waals surface area contributed by atoms with Gasteiger partial charge in [-0.05, 0) is 57.1 Å². The van der Waals surface area contributed by atoms with Crippen LogP contribution in [0, 0.1) is 13.8 Å². The zero-order chi connectivity index (χ0) is 18.6. The van der Waals surface area contributed by atoms with Gasteiger partial charge in [0.1, 0.15) is 16.5 Å². The van der Waals surface area contributed by atoms with Crippen molar-refractivity contribution in [1.29, 1.82) is 0 Å². The van der Waals surface area contributed by atoms with Crippen LogP contribution in [0.5, 0.6) is 0 Å². The van der Waals surface area contributed by atoms with Crippen molar-refractivity contribution < 1.29 is 0 Å². The maximum atomic E-state index is 4.92. The first-order chi connectivity index (χ1) is 13.2. The molecule has 140 valence electrons. The van der Waals surface area contributed by atoms with Crippen LogP contribution in [0.2, 0.25) is 0 Å². The van der Waals surface area contributed by atoms with Crippen LogP contribution in [0.4, 0.5) is 5.82 Å². The Hall–Kier alpha value is -2.20. The molecule has 0 fully saturated rings. The molecule has 0 amide bonds. The summed E-state index contributed by atoms with van der Waals surface area (Å²) in [6.07, 6.45) is 9.51. The van der Waals surface area contributed by atoms with E-state index in [1.165, 1.54) is 47.1 Å². The highest BCUT2D eigenvalue weighted by molar-refractivity contribution is 7.18. The van der Waals surface area contributed by atoms with Crippen LogP contribution in [0.3, 0.4) is 0 Å². The molecule has 0 spiro atoms. The molecule has 1 N–H and O–H groups in total. The van der Waals surface area contributed by atoms with Crippen molar-refractivity contribution in [2.75, 3.05) is 11.9 Å². The van der Waals surface area contributed by atoms with Crippen molar-refractivity contribution in [3.63, 3.8) is 0 Å². The molecule has 1 aliphatic rings. The molecule has 4 heteroatoms. The molecule has 4 rings (SSSR count). The van der Waals surface area contributed by atoms with E-state index >= 15 is 0 Å². The third-order valence-electron chi connectivity index (χ3n) is 5.40. The number of hydrogen-bond donors (Lipinski definition) is 1. The van der Waals surface area contributed by atoms with E-state index in [1.807, 2.05) is 6.07 Å². The maximum absolute atomic E-state index is 4.92. The van der Waals surface area contributed by atoms with Gasteiger partial charge >= 0.3 is 0 Å². The quantitative estimate of drug-likeness (QED) is 0.520. The number of aryl methyl sites for hydroxylation is 2. The Morgan fingerprint density at radius 3 is 2.70 bits per heavy atom. The van der Waals surface area contributed by atoms with E-state index < -0.39 is 0 Å². The Morgan fingerprint density at radius 2 is 1.93 bits per heavy atom. The number of thiophene rings is 1. The van der Waals surface area contributed by atoms with E-state index in [2.05, 4.69) is 49.5 Å². The first kappa shape index (κ1) is 18.2. The maximum Gasteiger partial charge on any atom is 0.138 e. The van der Waals surface area contributed by atoms with Crippen LogP contribution in [0.1, 0.15) is 53.9 Å². The molecule has 1 aromatic carbocycles. The summed E-state index contributed by atoms with van der Waals surface area (Å²) in [5.41, 5.74) is 4.16. The Morgan fingerprint density at radius 1 is 1.07 bits per heavy atom. The average Bonchev–Trinajstić information content (AvgIpc) is 2.97. The molecule has 0 saturated carbocycles. The minimum absolute atomic E-state index is 0.770. The second-order valence-electron chi connectivity index (χ2n) is 7.40. The zero-order valence-electron chi connectivity index (χ0n) is 16.2. The lowest BCUT2D eigenvalue weighted by Gasteiger charge is -2.14. The van der Waals surface area contributed by atoms with Gasteiger partial charge in [0, 0.05) is 17.8 Å². The number of nitrogens with one attached hydrogen (secondary N) is 1. The first-order valence-electron chi connectivity index (χ1n) is 9.93. The van der Waals surface area contributed by atoms with E-state index in [-0.39, 0.29) is 0 Å². The Bertz CT molecular complexity index is 957. The third-order valence-corrected chi connectivity index (χ3v) is 6.50. The van der Waals surface area contributed by atoms with Crippen LogP contribution < -0.4 is 5.32 Å². The van der Waals surface area contributed by atoms with Gasteiger partial charge in [-0.1, -0.05) is 42.0 Å². The minimum atomic E-state index is 0.770. The molecule has 0 aliphatic heterocycles. The van der Waals surface area contributed by atoms with Crippen molar-refractivity contribution in [3.8, 4) is 0 Å². The van der Waals surface area contributed by atoms with E-state index in [0.29, 0.717) is 0 Å². The molecule has 2 heterocycles. The SMILES string of the molecule is Cc1sc2nc(Cc3ccccc3)nc(NCCC3=CCCCC3)c2c1C. The molecule has 27 heavy (non-hydrogen) atoms. The number of nitrogens with zero attached hydrogens (tertiary/aromatic N) is 2. The number of fused-ring (bicyclic) bond motifs is 1. The fraction of sp³-hybridized carbons (Fsp3) is 0.391. The fourth-order valence-electron chi connectivity index (χ4n) is 3.75. The normalized spacial score (nSPS) is 14.4. The summed E-state index contributed by atoms with van der Waals surface area (Å²) in [6, 6.07) is 10.5. The highest BCUT2D eigenvalue weighted by atomic mass is 32.1. The lowest BCUT2D eigenvalue weighted by atomic mass is 9.97. The number of anilines is 1. The number of hydrogen-bond acceptors (Lipinski definition) is 4. The predicted molar refractivity (Wildman–Crippen MR) is 116 cm³/mol. The standard InChI is InChI=1S/C23H27N3S/c1-16-17(2)27-23-21(16)22(24-14-13-18-9-5-3-6-10-18)25-20(26-23)15-19-11-7-4-8-12-19/h4,7-9,11-12H,3,5-6,10,13-15H2,1-2H3,(H,24,25,26). The van der Waals surface area contributed by atoms with Gasteiger partial charge in [0.2, 0.25) is 0 Å². The summed E-state index contributed by atoms with van der Waals surface area (Å²) < 4.78 is 0. The second kappa shape index (κ2) is 8.22. The topological polar surface area (TPSA) is 37.8 Å². The Balaban J connectivity index is 1.59. The van der Waals surface area contributed by atoms with Crippen LogP contribution >= 0.6 is 11.3 Å². The van der Waals surface area contributed by atoms with Gasteiger partial charge in [0.15, 0.2) is 0 Å². The third kappa shape index (κ3) is 4.22. The van der Waals surface area contributed by atoms with Crippen LogP contribution in [0.25, 0.3) is 10.2 Å². The molecule has 3 aromatic rings. The lowest BCUT2D eigenvalue weighted by molar-refractivity contribution is 0.679.